The van der Waals surface area contributed by atoms with Gasteiger partial charge in [-0.3, -0.25) is 0 Å². The van der Waals surface area contributed by atoms with Crippen LogP contribution in [0.4, 0.5) is 0 Å². The van der Waals surface area contributed by atoms with Crippen LogP contribution in [0.3, 0.4) is 0 Å². The first-order valence-electron chi connectivity index (χ1n) is 4.10. The topological polar surface area (TPSA) is 47.6 Å². The van der Waals surface area contributed by atoms with Gasteiger partial charge in [0.15, 0.2) is 0 Å². The maximum atomic E-state index is 8.61. The quantitative estimate of drug-likeness (QED) is 0.519. The summed E-state index contributed by atoms with van der Waals surface area (Å²) in [7, 11) is 0. The SMILES string of the molecule is N#CC=C(C#N)C=Cc1ccccc1. The van der Waals surface area contributed by atoms with Crippen molar-refractivity contribution in [1.82, 2.24) is 0 Å². The second-order valence-electron chi connectivity index (χ2n) is 2.58. The van der Waals surface area contributed by atoms with E-state index < -0.39 is 0 Å². The molecule has 1 rings (SSSR count). The van der Waals surface area contributed by atoms with Gasteiger partial charge in [0, 0.05) is 6.08 Å². The van der Waals surface area contributed by atoms with Gasteiger partial charge in [-0.15, -0.1) is 0 Å². The van der Waals surface area contributed by atoms with Crippen molar-refractivity contribution >= 4 is 6.08 Å². The third-order valence-electron chi connectivity index (χ3n) is 1.60. The molecule has 0 N–H and O–H groups in total. The minimum Gasteiger partial charge on any atom is -0.193 e. The summed E-state index contributed by atoms with van der Waals surface area (Å²) in [5.74, 6) is 0. The Kier molecular flexibility index (Phi) is 3.73. The summed E-state index contributed by atoms with van der Waals surface area (Å²) in [5, 5.41) is 17.0. The van der Waals surface area contributed by atoms with Gasteiger partial charge in [-0.25, -0.2) is 0 Å². The van der Waals surface area contributed by atoms with E-state index in [0.717, 1.165) is 5.56 Å². The van der Waals surface area contributed by atoms with Crippen molar-refractivity contribution in [2.45, 2.75) is 0 Å². The molecule has 0 aliphatic carbocycles. The summed E-state index contributed by atoms with van der Waals surface area (Å²) in [6.07, 6.45) is 4.64. The molecular formula is C12H8N2. The number of nitrogens with zero attached hydrogens (tertiary/aromatic N) is 2. The van der Waals surface area contributed by atoms with Crippen LogP contribution in [0.25, 0.3) is 6.08 Å². The molecular weight excluding hydrogens is 172 g/mol. The molecule has 1 aromatic carbocycles. The molecule has 0 unspecified atom stereocenters. The second-order valence-corrected chi connectivity index (χ2v) is 2.58. The third kappa shape index (κ3) is 2.97. The van der Waals surface area contributed by atoms with Crippen molar-refractivity contribution in [3.63, 3.8) is 0 Å². The Bertz CT molecular complexity index is 428. The molecule has 1 aromatic rings. The van der Waals surface area contributed by atoms with Crippen LogP contribution in [-0.2, 0) is 0 Å². The normalized spacial score (nSPS) is 10.9. The maximum Gasteiger partial charge on any atom is 0.0999 e. The number of hydrogen-bond donors (Lipinski definition) is 0. The molecule has 0 saturated heterocycles. The van der Waals surface area contributed by atoms with Crippen LogP contribution in [0.1, 0.15) is 5.56 Å². The fraction of sp³-hybridized carbons (Fsp3) is 0. The van der Waals surface area contributed by atoms with E-state index in [-0.39, 0.29) is 0 Å². The molecule has 0 fully saturated rings. The predicted octanol–water partition coefficient (Wildman–Crippen LogP) is 2.67. The average molecular weight is 180 g/mol. The van der Waals surface area contributed by atoms with Crippen molar-refractivity contribution in [1.29, 1.82) is 10.5 Å². The second kappa shape index (κ2) is 5.35. The van der Waals surface area contributed by atoms with Crippen LogP contribution < -0.4 is 0 Å². The Hall–Kier alpha value is -2.32. The number of benzene rings is 1. The highest BCUT2D eigenvalue weighted by molar-refractivity contribution is 5.55. The third-order valence-corrected chi connectivity index (χ3v) is 1.60. The van der Waals surface area contributed by atoms with Crippen molar-refractivity contribution in [3.8, 4) is 12.1 Å². The molecule has 2 nitrogen and oxygen atoms in total. The van der Waals surface area contributed by atoms with Gasteiger partial charge in [0.05, 0.1) is 17.7 Å². The zero-order valence-electron chi connectivity index (χ0n) is 7.51. The van der Waals surface area contributed by atoms with Gasteiger partial charge in [-0.1, -0.05) is 36.4 Å². The summed E-state index contributed by atoms with van der Waals surface area (Å²) >= 11 is 0. The molecule has 14 heavy (non-hydrogen) atoms. The lowest BCUT2D eigenvalue weighted by molar-refractivity contribution is 1.48. The lowest BCUT2D eigenvalue weighted by Crippen LogP contribution is -1.72. The highest BCUT2D eigenvalue weighted by atomic mass is 14.2. The molecule has 0 spiro atoms. The van der Waals surface area contributed by atoms with E-state index in [1.165, 1.54) is 6.08 Å². The zero-order chi connectivity index (χ0) is 10.2. The highest BCUT2D eigenvalue weighted by Crippen LogP contribution is 2.04. The van der Waals surface area contributed by atoms with E-state index in [1.807, 2.05) is 42.5 Å². The maximum absolute atomic E-state index is 8.61. The monoisotopic (exact) mass is 180 g/mol. The lowest BCUT2D eigenvalue weighted by Gasteiger charge is -1.89. The van der Waals surface area contributed by atoms with Gasteiger partial charge in [0.1, 0.15) is 0 Å². The van der Waals surface area contributed by atoms with E-state index in [0.29, 0.717) is 5.57 Å². The zero-order valence-corrected chi connectivity index (χ0v) is 7.51. The summed E-state index contributed by atoms with van der Waals surface area (Å²) in [6.45, 7) is 0. The van der Waals surface area contributed by atoms with Crippen molar-refractivity contribution in [2.75, 3.05) is 0 Å². The highest BCUT2D eigenvalue weighted by Gasteiger charge is 1.87. The van der Waals surface area contributed by atoms with Gasteiger partial charge in [-0.05, 0) is 11.6 Å². The standard InChI is InChI=1S/C12H8N2/c13-9-8-12(10-14)7-6-11-4-2-1-3-5-11/h1-8H. The minimum absolute atomic E-state index is 0.358. The summed E-state index contributed by atoms with van der Waals surface area (Å²) in [5.41, 5.74) is 1.36. The summed E-state index contributed by atoms with van der Waals surface area (Å²) < 4.78 is 0. The van der Waals surface area contributed by atoms with Crippen LogP contribution in [0.15, 0.2) is 48.1 Å². The first-order chi connectivity index (χ1) is 6.86. The van der Waals surface area contributed by atoms with Gasteiger partial charge < -0.3 is 0 Å². The van der Waals surface area contributed by atoms with Crippen LogP contribution in [0, 0.1) is 22.7 Å². The fourth-order valence-corrected chi connectivity index (χ4v) is 0.937. The molecule has 0 radical (unpaired) electrons. The van der Waals surface area contributed by atoms with Gasteiger partial charge in [0.2, 0.25) is 0 Å². The summed E-state index contributed by atoms with van der Waals surface area (Å²) in [4.78, 5) is 0. The van der Waals surface area contributed by atoms with Gasteiger partial charge in [0.25, 0.3) is 0 Å². The molecule has 0 heterocycles. The van der Waals surface area contributed by atoms with Crippen LogP contribution in [-0.4, -0.2) is 0 Å². The Morgan fingerprint density at radius 3 is 2.43 bits per heavy atom. The van der Waals surface area contributed by atoms with E-state index in [2.05, 4.69) is 0 Å². The van der Waals surface area contributed by atoms with E-state index in [9.17, 15) is 0 Å². The van der Waals surface area contributed by atoms with Crippen molar-refractivity contribution in [3.05, 3.63) is 53.6 Å². The first-order valence-corrected chi connectivity index (χ1v) is 4.10. The van der Waals surface area contributed by atoms with E-state index >= 15 is 0 Å². The Balaban J connectivity index is 2.80. The van der Waals surface area contributed by atoms with Crippen molar-refractivity contribution < 1.29 is 0 Å². The van der Waals surface area contributed by atoms with Gasteiger partial charge >= 0.3 is 0 Å². The Morgan fingerprint density at radius 2 is 1.86 bits per heavy atom. The van der Waals surface area contributed by atoms with Crippen molar-refractivity contribution in [2.24, 2.45) is 0 Å². The van der Waals surface area contributed by atoms with E-state index in [1.54, 1.807) is 12.2 Å². The molecule has 2 heteroatoms. The summed E-state index contributed by atoms with van der Waals surface area (Å²) in [6, 6.07) is 13.4. The molecule has 0 aromatic heterocycles. The molecule has 0 saturated carbocycles. The fourth-order valence-electron chi connectivity index (χ4n) is 0.937. The lowest BCUT2D eigenvalue weighted by atomic mass is 10.1. The molecule has 0 atom stereocenters. The molecule has 0 aliphatic rings. The molecule has 0 bridgehead atoms. The number of rotatable bonds is 2. The van der Waals surface area contributed by atoms with E-state index in [4.69, 9.17) is 10.5 Å². The number of nitriles is 2. The Labute approximate surface area is 83.0 Å². The first kappa shape index (κ1) is 9.77. The predicted molar refractivity (Wildman–Crippen MR) is 54.8 cm³/mol. The number of allylic oxidation sites excluding steroid dienone is 3. The smallest absolute Gasteiger partial charge is 0.0999 e. The minimum atomic E-state index is 0.358. The molecule has 0 aliphatic heterocycles. The molecule has 66 valence electrons. The van der Waals surface area contributed by atoms with Gasteiger partial charge in [-0.2, -0.15) is 10.5 Å². The molecule has 0 amide bonds. The van der Waals surface area contributed by atoms with Crippen LogP contribution in [0.5, 0.6) is 0 Å². The average Bonchev–Trinajstić information content (AvgIpc) is 2.25. The largest absolute Gasteiger partial charge is 0.193 e. The Morgan fingerprint density at radius 1 is 1.14 bits per heavy atom. The number of hydrogen-bond acceptors (Lipinski definition) is 2. The van der Waals surface area contributed by atoms with Crippen LogP contribution >= 0.6 is 0 Å². The van der Waals surface area contributed by atoms with Crippen LogP contribution in [0.2, 0.25) is 0 Å².